The molecule has 0 unspecified atom stereocenters. The fourth-order valence-electron chi connectivity index (χ4n) is 8.81. The SMILES string of the molecule is C=C/C=C\c1ccccc1Cc1ccc(N(c2ccccc2)c2ccc(-c3cccc(-c4ccc(N(c5ccccc5)c5ccc(-c6cccc7ccccc67)cc5)cc4)c3)cc2)cc1. The second kappa shape index (κ2) is 18.9. The summed E-state index contributed by atoms with van der Waals surface area (Å²) in [5, 5.41) is 2.51. The van der Waals surface area contributed by atoms with Gasteiger partial charge in [-0.15, -0.1) is 0 Å². The molecule has 0 aliphatic carbocycles. The standard InChI is InChI=1S/C63H48N2/c1-2-3-16-48-17-10-11-19-53(48)45-47-29-37-58(38-30-47)64(56-23-6-4-7-24-56)59-39-31-49(32-40-59)54-21-14-22-55(46-54)50-33-41-60(42-34-50)65(57-25-8-5-9-26-57)61-43-35-52(36-44-61)63-28-15-20-51-18-12-13-27-62(51)63/h2-44,46H,1,45H2/b16-3-. The zero-order chi connectivity index (χ0) is 43.8. The Morgan fingerprint density at radius 2 is 0.800 bits per heavy atom. The van der Waals surface area contributed by atoms with E-state index in [1.54, 1.807) is 0 Å². The molecular weight excluding hydrogens is 785 g/mol. The Morgan fingerprint density at radius 1 is 0.354 bits per heavy atom. The van der Waals surface area contributed by atoms with Gasteiger partial charge in [0.2, 0.25) is 0 Å². The van der Waals surface area contributed by atoms with Crippen molar-refractivity contribution in [3.63, 3.8) is 0 Å². The molecule has 0 amide bonds. The number of nitrogens with zero attached hydrogens (tertiary/aromatic N) is 2. The first kappa shape index (κ1) is 40.6. The average Bonchev–Trinajstić information content (AvgIpc) is 3.38. The summed E-state index contributed by atoms with van der Waals surface area (Å²) in [5.74, 6) is 0. The van der Waals surface area contributed by atoms with Gasteiger partial charge in [-0.05, 0) is 146 Å². The zero-order valence-electron chi connectivity index (χ0n) is 36.2. The fourth-order valence-corrected chi connectivity index (χ4v) is 8.81. The van der Waals surface area contributed by atoms with E-state index in [1.165, 1.54) is 60.8 Å². The summed E-state index contributed by atoms with van der Waals surface area (Å²) in [5.41, 5.74) is 17.6. The molecule has 0 atom stereocenters. The van der Waals surface area contributed by atoms with Crippen molar-refractivity contribution >= 4 is 51.0 Å². The summed E-state index contributed by atoms with van der Waals surface area (Å²) < 4.78 is 0. The lowest BCUT2D eigenvalue weighted by atomic mass is 9.97. The lowest BCUT2D eigenvalue weighted by molar-refractivity contribution is 1.18. The van der Waals surface area contributed by atoms with E-state index in [-0.39, 0.29) is 0 Å². The number of fused-ring (bicyclic) bond motifs is 1. The maximum Gasteiger partial charge on any atom is 0.0462 e. The average molecular weight is 833 g/mol. The predicted octanol–water partition coefficient (Wildman–Crippen LogP) is 17.6. The van der Waals surface area contributed by atoms with Gasteiger partial charge >= 0.3 is 0 Å². The van der Waals surface area contributed by atoms with E-state index in [0.717, 1.165) is 40.5 Å². The van der Waals surface area contributed by atoms with Gasteiger partial charge in [-0.1, -0.05) is 195 Å². The predicted molar refractivity (Wildman–Crippen MR) is 278 cm³/mol. The number of hydrogen-bond donors (Lipinski definition) is 0. The van der Waals surface area contributed by atoms with Crippen molar-refractivity contribution in [2.75, 3.05) is 9.80 Å². The summed E-state index contributed by atoms with van der Waals surface area (Å²) in [4.78, 5) is 4.65. The van der Waals surface area contributed by atoms with Gasteiger partial charge in [0.05, 0.1) is 0 Å². The molecule has 2 nitrogen and oxygen atoms in total. The Labute approximate surface area is 383 Å². The third-order valence-electron chi connectivity index (χ3n) is 12.1. The van der Waals surface area contributed by atoms with E-state index >= 15 is 0 Å². The molecule has 0 radical (unpaired) electrons. The third kappa shape index (κ3) is 8.93. The van der Waals surface area contributed by atoms with E-state index in [4.69, 9.17) is 0 Å². The van der Waals surface area contributed by atoms with Gasteiger partial charge in [0.25, 0.3) is 0 Å². The Hall–Kier alpha value is -8.46. The second-order valence-corrected chi connectivity index (χ2v) is 16.2. The minimum atomic E-state index is 0.857. The maximum absolute atomic E-state index is 3.84. The summed E-state index contributed by atoms with van der Waals surface area (Å²) in [6.45, 7) is 3.84. The van der Waals surface area contributed by atoms with Crippen molar-refractivity contribution in [1.29, 1.82) is 0 Å². The van der Waals surface area contributed by atoms with Crippen LogP contribution in [0, 0.1) is 0 Å². The van der Waals surface area contributed by atoms with E-state index < -0.39 is 0 Å². The lowest BCUT2D eigenvalue weighted by Gasteiger charge is -2.26. The zero-order valence-corrected chi connectivity index (χ0v) is 36.2. The van der Waals surface area contributed by atoms with Gasteiger partial charge in [-0.25, -0.2) is 0 Å². The lowest BCUT2D eigenvalue weighted by Crippen LogP contribution is -2.09. The molecule has 0 aliphatic heterocycles. The van der Waals surface area contributed by atoms with Crippen LogP contribution >= 0.6 is 0 Å². The summed E-state index contributed by atoms with van der Waals surface area (Å²) in [6, 6.07) is 89.5. The van der Waals surface area contributed by atoms with E-state index in [9.17, 15) is 0 Å². The Bertz CT molecular complexity index is 3200. The van der Waals surface area contributed by atoms with Crippen LogP contribution in [-0.4, -0.2) is 0 Å². The highest BCUT2D eigenvalue weighted by Gasteiger charge is 2.16. The number of hydrogen-bond acceptors (Lipinski definition) is 2. The Balaban J connectivity index is 0.895. The van der Waals surface area contributed by atoms with Crippen LogP contribution in [0.25, 0.3) is 50.2 Å². The highest BCUT2D eigenvalue weighted by molar-refractivity contribution is 5.97. The normalized spacial score (nSPS) is 11.1. The van der Waals surface area contributed by atoms with Crippen LogP contribution < -0.4 is 9.80 Å². The first-order valence-corrected chi connectivity index (χ1v) is 22.2. The summed E-state index contributed by atoms with van der Waals surface area (Å²) in [6.07, 6.45) is 6.80. The van der Waals surface area contributed by atoms with Crippen molar-refractivity contribution in [1.82, 2.24) is 0 Å². The molecular formula is C63H48N2. The second-order valence-electron chi connectivity index (χ2n) is 16.2. The molecule has 0 N–H and O–H groups in total. The highest BCUT2D eigenvalue weighted by Crippen LogP contribution is 2.39. The van der Waals surface area contributed by atoms with Crippen LogP contribution in [0.2, 0.25) is 0 Å². The van der Waals surface area contributed by atoms with Crippen LogP contribution in [0.1, 0.15) is 16.7 Å². The number of para-hydroxylation sites is 2. The molecule has 0 spiro atoms. The molecule has 0 saturated heterocycles. The smallest absolute Gasteiger partial charge is 0.0462 e. The number of rotatable bonds is 13. The molecule has 0 aromatic heterocycles. The molecule has 10 aromatic carbocycles. The van der Waals surface area contributed by atoms with Crippen LogP contribution in [0.4, 0.5) is 34.1 Å². The molecule has 0 aliphatic rings. The molecule has 0 saturated carbocycles. The van der Waals surface area contributed by atoms with Gasteiger partial charge in [0, 0.05) is 34.1 Å². The molecule has 0 fully saturated rings. The van der Waals surface area contributed by atoms with Gasteiger partial charge < -0.3 is 9.80 Å². The minimum absolute atomic E-state index is 0.857. The molecule has 310 valence electrons. The summed E-state index contributed by atoms with van der Waals surface area (Å²) in [7, 11) is 0. The third-order valence-corrected chi connectivity index (χ3v) is 12.1. The molecule has 0 bridgehead atoms. The van der Waals surface area contributed by atoms with Gasteiger partial charge in [-0.3, -0.25) is 0 Å². The molecule has 0 heterocycles. The monoisotopic (exact) mass is 832 g/mol. The first-order chi connectivity index (χ1) is 32.2. The van der Waals surface area contributed by atoms with Crippen molar-refractivity contribution in [2.45, 2.75) is 6.42 Å². The highest BCUT2D eigenvalue weighted by atomic mass is 15.1. The van der Waals surface area contributed by atoms with Gasteiger partial charge in [0.15, 0.2) is 0 Å². The quantitative estimate of drug-likeness (QED) is 0.107. The Morgan fingerprint density at radius 3 is 1.37 bits per heavy atom. The van der Waals surface area contributed by atoms with Crippen LogP contribution in [0.15, 0.2) is 267 Å². The number of allylic oxidation sites excluding steroid dienone is 2. The van der Waals surface area contributed by atoms with Crippen molar-refractivity contribution in [3.8, 4) is 33.4 Å². The maximum atomic E-state index is 3.84. The topological polar surface area (TPSA) is 6.48 Å². The number of benzene rings is 10. The molecule has 10 aromatic rings. The van der Waals surface area contributed by atoms with Crippen LogP contribution in [0.3, 0.4) is 0 Å². The van der Waals surface area contributed by atoms with Crippen molar-refractivity contribution in [2.24, 2.45) is 0 Å². The Kier molecular flexibility index (Phi) is 11.8. The van der Waals surface area contributed by atoms with E-state index in [0.29, 0.717) is 0 Å². The summed E-state index contributed by atoms with van der Waals surface area (Å²) >= 11 is 0. The van der Waals surface area contributed by atoms with Crippen LogP contribution in [-0.2, 0) is 6.42 Å². The molecule has 65 heavy (non-hydrogen) atoms. The number of anilines is 6. The minimum Gasteiger partial charge on any atom is -0.311 e. The van der Waals surface area contributed by atoms with Crippen molar-refractivity contribution in [3.05, 3.63) is 284 Å². The first-order valence-electron chi connectivity index (χ1n) is 22.2. The van der Waals surface area contributed by atoms with Crippen molar-refractivity contribution < 1.29 is 0 Å². The van der Waals surface area contributed by atoms with Gasteiger partial charge in [0.1, 0.15) is 0 Å². The van der Waals surface area contributed by atoms with E-state index in [1.807, 2.05) is 12.2 Å². The van der Waals surface area contributed by atoms with Gasteiger partial charge in [-0.2, -0.15) is 0 Å². The molecule has 10 rings (SSSR count). The largest absolute Gasteiger partial charge is 0.311 e. The van der Waals surface area contributed by atoms with E-state index in [2.05, 4.69) is 271 Å². The van der Waals surface area contributed by atoms with Crippen LogP contribution in [0.5, 0.6) is 0 Å². The fraction of sp³-hybridized carbons (Fsp3) is 0.0159. The molecule has 2 heteroatoms.